The summed E-state index contributed by atoms with van der Waals surface area (Å²) in [4.78, 5) is 0. The number of fused-ring (bicyclic) bond motifs is 1. The van der Waals surface area contributed by atoms with Crippen LogP contribution in [-0.2, 0) is 0 Å². The van der Waals surface area contributed by atoms with Crippen molar-refractivity contribution in [1.29, 1.82) is 0 Å². The second-order valence-corrected chi connectivity index (χ2v) is 2.86. The number of hydrogen-bond donors (Lipinski definition) is 2. The molecule has 0 amide bonds. The molecule has 13 heavy (non-hydrogen) atoms. The summed E-state index contributed by atoms with van der Waals surface area (Å²) in [6, 6.07) is 5.07. The van der Waals surface area contributed by atoms with Gasteiger partial charge in [-0.25, -0.2) is 0 Å². The third kappa shape index (κ3) is 1.22. The number of aromatic nitrogens is 1. The van der Waals surface area contributed by atoms with Crippen molar-refractivity contribution in [2.75, 3.05) is 0 Å². The molecule has 0 radical (unpaired) electrons. The molecule has 0 saturated carbocycles. The third-order valence-corrected chi connectivity index (χ3v) is 1.98. The first-order valence-electron chi connectivity index (χ1n) is 3.91. The van der Waals surface area contributed by atoms with Gasteiger partial charge in [0.25, 0.3) is 0 Å². The number of hydrogen-bond acceptors (Lipinski definition) is 4. The van der Waals surface area contributed by atoms with Crippen LogP contribution in [0.2, 0.25) is 0 Å². The average Bonchev–Trinajstić information content (AvgIpc) is 2.48. The van der Waals surface area contributed by atoms with Gasteiger partial charge in [0.05, 0.1) is 5.69 Å². The summed E-state index contributed by atoms with van der Waals surface area (Å²) in [5.41, 5.74) is 1.66. The van der Waals surface area contributed by atoms with Crippen molar-refractivity contribution in [3.05, 3.63) is 23.9 Å². The summed E-state index contributed by atoms with van der Waals surface area (Å²) in [6.07, 6.45) is 0. The summed E-state index contributed by atoms with van der Waals surface area (Å²) in [6.45, 7) is 1.76. The predicted molar refractivity (Wildman–Crippen MR) is 48.6 cm³/mol. The van der Waals surface area contributed by atoms with Gasteiger partial charge in [-0.2, -0.15) is 0 Å². The van der Waals surface area contributed by atoms with Crippen LogP contribution in [0.3, 0.4) is 0 Å². The predicted octanol–water partition coefficient (Wildman–Crippen LogP) is -0.184. The molecule has 0 aliphatic carbocycles. The lowest BCUT2D eigenvalue weighted by atomic mass is 9.78. The monoisotopic (exact) mass is 177 g/mol. The molecule has 0 fully saturated rings. The Morgan fingerprint density at radius 2 is 2.15 bits per heavy atom. The molecule has 1 aromatic heterocycles. The van der Waals surface area contributed by atoms with E-state index >= 15 is 0 Å². The van der Waals surface area contributed by atoms with Crippen LogP contribution in [0.1, 0.15) is 5.69 Å². The Bertz CT molecular complexity index is 438. The van der Waals surface area contributed by atoms with Crippen molar-refractivity contribution in [1.82, 2.24) is 5.16 Å². The minimum absolute atomic E-state index is 0.427. The van der Waals surface area contributed by atoms with Gasteiger partial charge in [-0.3, -0.25) is 0 Å². The minimum Gasteiger partial charge on any atom is -0.423 e. The topological polar surface area (TPSA) is 66.5 Å². The van der Waals surface area contributed by atoms with E-state index in [0.717, 1.165) is 0 Å². The van der Waals surface area contributed by atoms with Crippen LogP contribution in [0.4, 0.5) is 0 Å². The Balaban J connectivity index is 2.80. The van der Waals surface area contributed by atoms with E-state index in [1.165, 1.54) is 0 Å². The highest BCUT2D eigenvalue weighted by Gasteiger charge is 2.18. The number of aryl methyl sites for hydroxylation is 1. The summed E-state index contributed by atoms with van der Waals surface area (Å²) in [7, 11) is -1.48. The van der Waals surface area contributed by atoms with E-state index in [-0.39, 0.29) is 0 Å². The van der Waals surface area contributed by atoms with E-state index in [9.17, 15) is 0 Å². The first kappa shape index (κ1) is 8.28. The standard InChI is InChI=1S/C8H8BNO3/c1-5-8-6(9(11)12)3-2-4-7(8)13-10-5/h2-4,11-12H,1H3. The van der Waals surface area contributed by atoms with Crippen molar-refractivity contribution in [2.24, 2.45) is 0 Å². The minimum atomic E-state index is -1.48. The van der Waals surface area contributed by atoms with Gasteiger partial charge < -0.3 is 14.6 Å². The van der Waals surface area contributed by atoms with Gasteiger partial charge in [-0.15, -0.1) is 0 Å². The van der Waals surface area contributed by atoms with Gasteiger partial charge in [0.2, 0.25) is 0 Å². The molecule has 2 aromatic rings. The molecule has 0 atom stereocenters. The molecular weight excluding hydrogens is 169 g/mol. The van der Waals surface area contributed by atoms with E-state index < -0.39 is 7.12 Å². The molecule has 4 nitrogen and oxygen atoms in total. The van der Waals surface area contributed by atoms with Crippen molar-refractivity contribution in [3.8, 4) is 0 Å². The molecule has 0 spiro atoms. The zero-order valence-electron chi connectivity index (χ0n) is 7.06. The highest BCUT2D eigenvalue weighted by atomic mass is 16.5. The summed E-state index contributed by atoms with van der Waals surface area (Å²) in [5, 5.41) is 22.5. The first-order chi connectivity index (χ1) is 6.20. The van der Waals surface area contributed by atoms with Crippen molar-refractivity contribution >= 4 is 23.6 Å². The quantitative estimate of drug-likeness (QED) is 0.592. The second kappa shape index (κ2) is 2.87. The fourth-order valence-corrected chi connectivity index (χ4v) is 1.39. The van der Waals surface area contributed by atoms with Crippen LogP contribution in [0, 0.1) is 6.92 Å². The zero-order chi connectivity index (χ0) is 9.42. The molecular formula is C8H8BNO3. The summed E-state index contributed by atoms with van der Waals surface area (Å²) in [5.74, 6) is 0. The third-order valence-electron chi connectivity index (χ3n) is 1.98. The van der Waals surface area contributed by atoms with Crippen molar-refractivity contribution in [3.63, 3.8) is 0 Å². The molecule has 2 rings (SSSR count). The number of benzene rings is 1. The van der Waals surface area contributed by atoms with Crippen LogP contribution in [-0.4, -0.2) is 22.3 Å². The molecule has 2 N–H and O–H groups in total. The molecule has 0 unspecified atom stereocenters. The van der Waals surface area contributed by atoms with Gasteiger partial charge in [0.1, 0.15) is 0 Å². The van der Waals surface area contributed by atoms with Crippen LogP contribution in [0.5, 0.6) is 0 Å². The maximum Gasteiger partial charge on any atom is 0.489 e. The fourth-order valence-electron chi connectivity index (χ4n) is 1.39. The van der Waals surface area contributed by atoms with Gasteiger partial charge >= 0.3 is 7.12 Å². The highest BCUT2D eigenvalue weighted by molar-refractivity contribution is 6.62. The normalized spacial score (nSPS) is 10.7. The summed E-state index contributed by atoms with van der Waals surface area (Å²) >= 11 is 0. The Kier molecular flexibility index (Phi) is 1.83. The average molecular weight is 177 g/mol. The van der Waals surface area contributed by atoms with Gasteiger partial charge in [0.15, 0.2) is 5.58 Å². The maximum atomic E-state index is 9.05. The fraction of sp³-hybridized carbons (Fsp3) is 0.125. The lowest BCUT2D eigenvalue weighted by Crippen LogP contribution is -2.30. The molecule has 0 saturated heterocycles. The van der Waals surface area contributed by atoms with E-state index in [2.05, 4.69) is 5.16 Å². The SMILES string of the molecule is Cc1noc2cccc(B(O)O)c12. The summed E-state index contributed by atoms with van der Waals surface area (Å²) < 4.78 is 4.97. The first-order valence-corrected chi connectivity index (χ1v) is 3.91. The van der Waals surface area contributed by atoms with E-state index in [1.54, 1.807) is 25.1 Å². The van der Waals surface area contributed by atoms with Crippen molar-refractivity contribution in [2.45, 2.75) is 6.92 Å². The lowest BCUT2D eigenvalue weighted by molar-refractivity contribution is 0.426. The Morgan fingerprint density at radius 1 is 1.38 bits per heavy atom. The number of rotatable bonds is 1. The van der Waals surface area contributed by atoms with Gasteiger partial charge in [-0.1, -0.05) is 17.3 Å². The Labute approximate surface area is 74.9 Å². The lowest BCUT2D eigenvalue weighted by Gasteiger charge is -1.99. The van der Waals surface area contributed by atoms with Crippen molar-refractivity contribution < 1.29 is 14.6 Å². The second-order valence-electron chi connectivity index (χ2n) is 2.86. The van der Waals surface area contributed by atoms with Crippen LogP contribution in [0.15, 0.2) is 22.7 Å². The van der Waals surface area contributed by atoms with Gasteiger partial charge in [-0.05, 0) is 18.5 Å². The Morgan fingerprint density at radius 3 is 2.85 bits per heavy atom. The van der Waals surface area contributed by atoms with Crippen LogP contribution < -0.4 is 5.46 Å². The molecule has 0 aliphatic rings. The largest absolute Gasteiger partial charge is 0.489 e. The maximum absolute atomic E-state index is 9.05. The molecule has 1 aromatic carbocycles. The molecule has 66 valence electrons. The molecule has 1 heterocycles. The highest BCUT2D eigenvalue weighted by Crippen LogP contribution is 2.14. The zero-order valence-corrected chi connectivity index (χ0v) is 7.06. The van der Waals surface area contributed by atoms with Crippen LogP contribution in [0.25, 0.3) is 11.0 Å². The Hall–Kier alpha value is -1.33. The van der Waals surface area contributed by atoms with E-state index in [4.69, 9.17) is 14.6 Å². The molecule has 0 bridgehead atoms. The molecule has 0 aliphatic heterocycles. The van der Waals surface area contributed by atoms with Crippen LogP contribution >= 0.6 is 0 Å². The van der Waals surface area contributed by atoms with Gasteiger partial charge in [0, 0.05) is 5.39 Å². The van der Waals surface area contributed by atoms with E-state index in [1.807, 2.05) is 0 Å². The smallest absolute Gasteiger partial charge is 0.423 e. The van der Waals surface area contributed by atoms with E-state index in [0.29, 0.717) is 22.1 Å². The molecule has 5 heteroatoms. The number of nitrogens with zero attached hydrogens (tertiary/aromatic N) is 1.